The van der Waals surface area contributed by atoms with Crippen LogP contribution in [-0.2, 0) is 14.2 Å². The largest absolute Gasteiger partial charge is 0.394 e. The van der Waals surface area contributed by atoms with Crippen molar-refractivity contribution in [1.29, 1.82) is 0 Å². The predicted molar refractivity (Wildman–Crippen MR) is 100 cm³/mol. The molecule has 0 spiro atoms. The van der Waals surface area contributed by atoms with Gasteiger partial charge >= 0.3 is 0 Å². The molecule has 0 amide bonds. The molecule has 0 radical (unpaired) electrons. The van der Waals surface area contributed by atoms with Crippen LogP contribution in [0.4, 0.5) is 0 Å². The third kappa shape index (κ3) is 3.32. The van der Waals surface area contributed by atoms with Crippen LogP contribution in [0.5, 0.6) is 0 Å². The average Bonchev–Trinajstić information content (AvgIpc) is 2.79. The summed E-state index contributed by atoms with van der Waals surface area (Å²) in [7, 11) is 0. The Morgan fingerprint density at radius 2 is 0.970 bits per heavy atom. The number of hydrogen-bond acceptors (Lipinski definition) is 15. The lowest BCUT2D eigenvalue weighted by molar-refractivity contribution is -0.434. The van der Waals surface area contributed by atoms with E-state index >= 15 is 0 Å². The molecule has 0 aliphatic carbocycles. The topological polar surface area (TPSA) is 270 Å². The summed E-state index contributed by atoms with van der Waals surface area (Å²) < 4.78 is 15.2. The second kappa shape index (κ2) is 9.12. The van der Waals surface area contributed by atoms with E-state index in [1.54, 1.807) is 0 Å². The van der Waals surface area contributed by atoms with E-state index in [9.17, 15) is 61.3 Å². The van der Waals surface area contributed by atoms with E-state index in [0.717, 1.165) is 0 Å². The summed E-state index contributed by atoms with van der Waals surface area (Å²) in [6.45, 7) is -5.78. The monoisotopic (exact) mass is 488 g/mol. The van der Waals surface area contributed by atoms with Gasteiger partial charge in [-0.15, -0.1) is 0 Å². The van der Waals surface area contributed by atoms with Crippen molar-refractivity contribution < 1.29 is 75.5 Å². The summed E-state index contributed by atoms with van der Waals surface area (Å²) in [5.41, 5.74) is -13.9. The van der Waals surface area contributed by atoms with E-state index in [-0.39, 0.29) is 0 Å². The van der Waals surface area contributed by atoms with Crippen molar-refractivity contribution in [2.75, 3.05) is 39.6 Å². The maximum atomic E-state index is 11.8. The van der Waals surface area contributed by atoms with Gasteiger partial charge in [0, 0.05) is 0 Å². The van der Waals surface area contributed by atoms with Crippen LogP contribution in [-0.4, -0.2) is 172 Å². The molecule has 3 rings (SSSR count). The first kappa shape index (κ1) is 27.0. The fourth-order valence-corrected chi connectivity index (χ4v) is 5.22. The Labute approximate surface area is 187 Å². The molecule has 33 heavy (non-hydrogen) atoms. The molecule has 15 nitrogen and oxygen atoms in total. The Hall–Kier alpha value is -0.600. The van der Waals surface area contributed by atoms with Gasteiger partial charge in [0.1, 0.15) is 48.8 Å². The molecule has 15 heteroatoms. The molecule has 0 unspecified atom stereocenters. The third-order valence-electron chi connectivity index (χ3n) is 7.29. The molecule has 194 valence electrons. The van der Waals surface area contributed by atoms with Crippen LogP contribution < -0.4 is 0 Å². The quantitative estimate of drug-likeness (QED) is 0.171. The first-order valence-electron chi connectivity index (χ1n) is 10.3. The van der Waals surface area contributed by atoms with Gasteiger partial charge in [0.25, 0.3) is 0 Å². The highest BCUT2D eigenvalue weighted by Gasteiger charge is 2.82. The summed E-state index contributed by atoms with van der Waals surface area (Å²) in [6.07, 6.45) is -16.9. The fraction of sp³-hybridized carbons (Fsp3) is 1.00. The molecule has 12 N–H and O–H groups in total. The lowest BCUT2D eigenvalue weighted by Crippen LogP contribution is -2.93. The molecule has 3 aliphatic heterocycles. The van der Waals surface area contributed by atoms with E-state index < -0.39 is 111 Å². The highest BCUT2D eigenvalue weighted by atomic mass is 16.6. The molecule has 3 aliphatic rings. The molecule has 0 aromatic heterocycles. The van der Waals surface area contributed by atoms with E-state index in [2.05, 4.69) is 0 Å². The lowest BCUT2D eigenvalue weighted by Gasteiger charge is -2.66. The molecule has 0 aromatic rings. The van der Waals surface area contributed by atoms with Crippen LogP contribution in [0.25, 0.3) is 0 Å². The van der Waals surface area contributed by atoms with Gasteiger partial charge in [-0.25, -0.2) is 0 Å². The average molecular weight is 488 g/mol. The number of aliphatic hydroxyl groups is 12. The van der Waals surface area contributed by atoms with Crippen molar-refractivity contribution in [1.82, 2.24) is 0 Å². The summed E-state index contributed by atoms with van der Waals surface area (Å²) in [6, 6.07) is 0. The van der Waals surface area contributed by atoms with Gasteiger partial charge in [0.05, 0.1) is 39.6 Å². The Morgan fingerprint density at radius 3 is 1.42 bits per heavy atom. The highest BCUT2D eigenvalue weighted by Crippen LogP contribution is 2.53. The smallest absolute Gasteiger partial charge is 0.161 e. The zero-order valence-electron chi connectivity index (χ0n) is 17.5. The van der Waals surface area contributed by atoms with E-state index in [4.69, 9.17) is 14.2 Å². The molecular weight excluding hydrogens is 456 g/mol. The van der Waals surface area contributed by atoms with Crippen molar-refractivity contribution in [3.8, 4) is 0 Å². The van der Waals surface area contributed by atoms with Crippen LogP contribution in [0.15, 0.2) is 0 Å². The SMILES string of the molecule is OC[C@H]1OC[C@H](O)[C@@](O)([C@]2(O)CO[C@H](CO)[C@@H](O)[C@@]2(O)[C@@]2(O)[C@H](O)[C@@H](CO)OC[C@@H]2O)[C@@H]1O. The van der Waals surface area contributed by atoms with Gasteiger partial charge < -0.3 is 75.5 Å². The van der Waals surface area contributed by atoms with Crippen molar-refractivity contribution >= 4 is 0 Å². The van der Waals surface area contributed by atoms with Crippen LogP contribution in [0.1, 0.15) is 0 Å². The molecule has 0 bridgehead atoms. The van der Waals surface area contributed by atoms with E-state index in [1.165, 1.54) is 0 Å². The minimum absolute atomic E-state index is 0.803. The van der Waals surface area contributed by atoms with Crippen molar-refractivity contribution in [2.24, 2.45) is 0 Å². The Balaban J connectivity index is 2.27. The molecule has 0 saturated carbocycles. The molecule has 3 saturated heterocycles. The minimum atomic E-state index is -3.66. The number of aliphatic hydroxyl groups excluding tert-OH is 8. The van der Waals surface area contributed by atoms with Crippen LogP contribution >= 0.6 is 0 Å². The fourth-order valence-electron chi connectivity index (χ4n) is 5.22. The first-order chi connectivity index (χ1) is 15.3. The maximum absolute atomic E-state index is 11.8. The summed E-state index contributed by atoms with van der Waals surface area (Å²) in [5.74, 6) is 0. The molecular formula is C18H32O15. The van der Waals surface area contributed by atoms with Crippen LogP contribution in [0, 0.1) is 0 Å². The molecule has 12 atom stereocenters. The predicted octanol–water partition coefficient (Wildman–Crippen LogP) is -8.11. The molecule has 3 fully saturated rings. The van der Waals surface area contributed by atoms with Crippen molar-refractivity contribution in [3.05, 3.63) is 0 Å². The number of hydrogen-bond donors (Lipinski definition) is 12. The highest BCUT2D eigenvalue weighted by molar-refractivity contribution is 5.31. The van der Waals surface area contributed by atoms with Gasteiger partial charge in [0.2, 0.25) is 0 Å². The number of rotatable bonds is 5. The third-order valence-corrected chi connectivity index (χ3v) is 7.29. The second-order valence-electron chi connectivity index (χ2n) is 8.78. The van der Waals surface area contributed by atoms with Crippen molar-refractivity contribution in [3.63, 3.8) is 0 Å². The minimum Gasteiger partial charge on any atom is -0.394 e. The lowest BCUT2D eigenvalue weighted by atomic mass is 9.53. The Morgan fingerprint density at radius 1 is 0.576 bits per heavy atom. The van der Waals surface area contributed by atoms with E-state index in [0.29, 0.717) is 0 Å². The van der Waals surface area contributed by atoms with Crippen molar-refractivity contribution in [2.45, 2.75) is 71.2 Å². The summed E-state index contributed by atoms with van der Waals surface area (Å²) in [5, 5.41) is 129. The Bertz CT molecular complexity index is 698. The standard InChI is InChI=1S/C18H32O15/c19-1-7-12(24)16(28,10(22)4-31-7)15(27)6-33-9(3-21)14(26)18(15,30)17(29)11(23)5-32-8(2-20)13(17)25/h7-14,19-30H,1-6H2/t7-,8-,9-,10+,11+,12-,13-,14-,15-,16+,17+,18+/m1/s1. The van der Waals surface area contributed by atoms with Gasteiger partial charge in [-0.3, -0.25) is 0 Å². The van der Waals surface area contributed by atoms with Gasteiger partial charge in [0.15, 0.2) is 22.4 Å². The van der Waals surface area contributed by atoms with E-state index in [1.807, 2.05) is 0 Å². The van der Waals surface area contributed by atoms with Crippen LogP contribution in [0.3, 0.4) is 0 Å². The number of ether oxygens (including phenoxy) is 3. The first-order valence-corrected chi connectivity index (χ1v) is 10.3. The van der Waals surface area contributed by atoms with Gasteiger partial charge in [-0.1, -0.05) is 0 Å². The summed E-state index contributed by atoms with van der Waals surface area (Å²) >= 11 is 0. The zero-order valence-corrected chi connectivity index (χ0v) is 17.5. The normalized spacial score (nSPS) is 56.0. The van der Waals surface area contributed by atoms with Gasteiger partial charge in [-0.05, 0) is 0 Å². The second-order valence-corrected chi connectivity index (χ2v) is 8.78. The maximum Gasteiger partial charge on any atom is 0.161 e. The molecule has 0 aromatic carbocycles. The Kier molecular flexibility index (Phi) is 7.46. The zero-order chi connectivity index (χ0) is 25.0. The van der Waals surface area contributed by atoms with Gasteiger partial charge in [-0.2, -0.15) is 0 Å². The summed E-state index contributed by atoms with van der Waals surface area (Å²) in [4.78, 5) is 0. The van der Waals surface area contributed by atoms with Crippen LogP contribution in [0.2, 0.25) is 0 Å². The molecule has 3 heterocycles.